The van der Waals surface area contributed by atoms with Gasteiger partial charge in [-0.1, -0.05) is 29.6 Å². The molecule has 3 rings (SSSR count). The summed E-state index contributed by atoms with van der Waals surface area (Å²) in [5, 5.41) is 14.6. The first kappa shape index (κ1) is 19.8. The molecule has 0 spiro atoms. The van der Waals surface area contributed by atoms with Crippen molar-refractivity contribution >= 4 is 12.1 Å². The Labute approximate surface area is 162 Å². The molecule has 1 aliphatic rings. The van der Waals surface area contributed by atoms with Gasteiger partial charge in [0.15, 0.2) is 5.69 Å². The number of esters is 1. The van der Waals surface area contributed by atoms with Crippen LogP contribution in [0, 0.1) is 6.92 Å². The van der Waals surface area contributed by atoms with Crippen molar-refractivity contribution in [2.24, 2.45) is 0 Å². The highest BCUT2D eigenvalue weighted by atomic mass is 16.5. The summed E-state index contributed by atoms with van der Waals surface area (Å²) in [5.41, 5.74) is 1.20. The summed E-state index contributed by atoms with van der Waals surface area (Å²) in [6.45, 7) is 3.94. The number of nitrogens with one attached hydrogen (secondary N) is 1. The van der Waals surface area contributed by atoms with E-state index in [9.17, 15) is 9.59 Å². The zero-order chi connectivity index (χ0) is 19.9. The number of nitrogens with zero attached hydrogens (tertiary/aromatic N) is 4. The summed E-state index contributed by atoms with van der Waals surface area (Å²) in [4.78, 5) is 23.9. The minimum atomic E-state index is -0.544. The van der Waals surface area contributed by atoms with Crippen molar-refractivity contribution in [1.29, 1.82) is 0 Å². The van der Waals surface area contributed by atoms with Crippen LogP contribution in [0.25, 0.3) is 0 Å². The molecule has 0 bridgehead atoms. The monoisotopic (exact) mass is 391 g/mol. The minimum absolute atomic E-state index is 0.0197. The molecule has 0 saturated heterocycles. The lowest BCUT2D eigenvalue weighted by molar-refractivity contribution is 0.0513. The fourth-order valence-electron chi connectivity index (χ4n) is 3.18. The molecule has 2 aromatic rings. The Balaban J connectivity index is 1.54. The van der Waals surface area contributed by atoms with E-state index in [1.165, 1.54) is 11.1 Å². The second-order valence-electron chi connectivity index (χ2n) is 6.75. The van der Waals surface area contributed by atoms with Crippen molar-refractivity contribution in [3.8, 4) is 0 Å². The zero-order valence-electron chi connectivity index (χ0n) is 16.1. The molecule has 1 amide bonds. The molecular weight excluding hydrogens is 366 g/mol. The van der Waals surface area contributed by atoms with Gasteiger partial charge >= 0.3 is 12.1 Å². The Morgan fingerprint density at radius 3 is 2.82 bits per heavy atom. The molecule has 0 aromatic carbocycles. The van der Waals surface area contributed by atoms with Gasteiger partial charge in [-0.05, 0) is 26.7 Å². The van der Waals surface area contributed by atoms with E-state index in [1.807, 2.05) is 0 Å². The number of ether oxygens (including phenoxy) is 2. The summed E-state index contributed by atoms with van der Waals surface area (Å²) in [6.07, 6.45) is 6.68. The molecule has 152 valence electrons. The quantitative estimate of drug-likeness (QED) is 0.714. The summed E-state index contributed by atoms with van der Waals surface area (Å²) >= 11 is 0. The first-order chi connectivity index (χ1) is 13.6. The smallest absolute Gasteiger partial charge is 0.407 e. The molecule has 10 heteroatoms. The van der Waals surface area contributed by atoms with E-state index in [0.29, 0.717) is 17.0 Å². The van der Waals surface area contributed by atoms with Crippen molar-refractivity contribution in [1.82, 2.24) is 25.5 Å². The number of aryl methyl sites for hydroxylation is 1. The van der Waals surface area contributed by atoms with Gasteiger partial charge in [-0.3, -0.25) is 0 Å². The number of amides is 1. The Hall–Kier alpha value is -2.91. The fourth-order valence-corrected chi connectivity index (χ4v) is 3.18. The van der Waals surface area contributed by atoms with Gasteiger partial charge < -0.3 is 19.3 Å². The molecule has 1 fully saturated rings. The molecule has 0 aliphatic heterocycles. The number of hydrogen-bond acceptors (Lipinski definition) is 8. The van der Waals surface area contributed by atoms with E-state index in [0.717, 1.165) is 25.7 Å². The van der Waals surface area contributed by atoms with Gasteiger partial charge in [0.1, 0.15) is 18.1 Å². The standard InChI is InChI=1S/C18H25N5O5/c1-3-26-17(24)16-15(12(2)28-21-16)10-23-9-14(20-22-23)11-27-18(25)19-13-7-5-4-6-8-13/h9,13H,3-8,10-11H2,1-2H3,(H,19,25). The number of carbonyl (C=O) groups excluding carboxylic acids is 2. The SMILES string of the molecule is CCOC(=O)c1noc(C)c1Cn1cc(COC(=O)NC2CCCCC2)nn1. The minimum Gasteiger partial charge on any atom is -0.461 e. The van der Waals surface area contributed by atoms with E-state index >= 15 is 0 Å². The van der Waals surface area contributed by atoms with Crippen LogP contribution in [-0.4, -0.2) is 44.9 Å². The highest BCUT2D eigenvalue weighted by Gasteiger charge is 2.22. The van der Waals surface area contributed by atoms with Crippen LogP contribution >= 0.6 is 0 Å². The lowest BCUT2D eigenvalue weighted by Gasteiger charge is -2.22. The van der Waals surface area contributed by atoms with Crippen LogP contribution in [0.3, 0.4) is 0 Å². The topological polar surface area (TPSA) is 121 Å². The lowest BCUT2D eigenvalue weighted by Crippen LogP contribution is -2.36. The Kier molecular flexibility index (Phi) is 6.62. The van der Waals surface area contributed by atoms with Crippen molar-refractivity contribution in [2.75, 3.05) is 6.61 Å². The van der Waals surface area contributed by atoms with Crippen molar-refractivity contribution in [2.45, 2.75) is 65.1 Å². The number of hydrogen-bond donors (Lipinski definition) is 1. The average Bonchev–Trinajstić information content (AvgIpc) is 3.28. The Morgan fingerprint density at radius 2 is 2.07 bits per heavy atom. The lowest BCUT2D eigenvalue weighted by atomic mass is 9.96. The molecular formula is C18H25N5O5. The summed E-state index contributed by atoms with van der Waals surface area (Å²) in [6, 6.07) is 0.190. The van der Waals surface area contributed by atoms with Crippen LogP contribution in [-0.2, 0) is 22.6 Å². The second kappa shape index (κ2) is 9.34. The maximum Gasteiger partial charge on any atom is 0.407 e. The van der Waals surface area contributed by atoms with Gasteiger partial charge in [0.05, 0.1) is 24.9 Å². The third-order valence-corrected chi connectivity index (χ3v) is 4.64. The van der Waals surface area contributed by atoms with Crippen LogP contribution in [0.2, 0.25) is 0 Å². The van der Waals surface area contributed by atoms with Gasteiger partial charge in [-0.25, -0.2) is 14.3 Å². The highest BCUT2D eigenvalue weighted by molar-refractivity contribution is 5.88. The molecule has 10 nitrogen and oxygen atoms in total. The summed E-state index contributed by atoms with van der Waals surface area (Å²) in [7, 11) is 0. The maximum atomic E-state index is 12.0. The number of aromatic nitrogens is 4. The van der Waals surface area contributed by atoms with Gasteiger partial charge in [-0.15, -0.1) is 5.10 Å². The number of alkyl carbamates (subject to hydrolysis) is 1. The van der Waals surface area contributed by atoms with Crippen molar-refractivity contribution in [3.05, 3.63) is 28.9 Å². The normalized spacial score (nSPS) is 14.6. The molecule has 1 N–H and O–H groups in total. The molecule has 28 heavy (non-hydrogen) atoms. The van der Waals surface area contributed by atoms with E-state index < -0.39 is 12.1 Å². The first-order valence-electron chi connectivity index (χ1n) is 9.51. The largest absolute Gasteiger partial charge is 0.461 e. The maximum absolute atomic E-state index is 12.0. The number of rotatable bonds is 7. The molecule has 1 aliphatic carbocycles. The van der Waals surface area contributed by atoms with Crippen LogP contribution in [0.4, 0.5) is 4.79 Å². The second-order valence-corrected chi connectivity index (χ2v) is 6.75. The predicted molar refractivity (Wildman–Crippen MR) is 96.5 cm³/mol. The Bertz CT molecular complexity index is 809. The van der Waals surface area contributed by atoms with Crippen LogP contribution < -0.4 is 5.32 Å². The van der Waals surface area contributed by atoms with Crippen molar-refractivity contribution < 1.29 is 23.6 Å². The zero-order valence-corrected chi connectivity index (χ0v) is 16.1. The highest BCUT2D eigenvalue weighted by Crippen LogP contribution is 2.18. The predicted octanol–water partition coefficient (Wildman–Crippen LogP) is 2.36. The van der Waals surface area contributed by atoms with E-state index in [2.05, 4.69) is 20.8 Å². The van der Waals surface area contributed by atoms with Gasteiger partial charge in [-0.2, -0.15) is 0 Å². The molecule has 2 aromatic heterocycles. The average molecular weight is 391 g/mol. The van der Waals surface area contributed by atoms with Crippen molar-refractivity contribution in [3.63, 3.8) is 0 Å². The fraction of sp³-hybridized carbons (Fsp3) is 0.611. The third kappa shape index (κ3) is 5.08. The Morgan fingerprint density at radius 1 is 1.29 bits per heavy atom. The van der Waals surface area contributed by atoms with Crippen LogP contribution in [0.1, 0.15) is 66.5 Å². The van der Waals surface area contributed by atoms with E-state index in [4.69, 9.17) is 14.0 Å². The van der Waals surface area contributed by atoms with Gasteiger partial charge in [0, 0.05) is 6.04 Å². The van der Waals surface area contributed by atoms with E-state index in [-0.39, 0.29) is 31.5 Å². The molecule has 0 unspecified atom stereocenters. The van der Waals surface area contributed by atoms with E-state index in [1.54, 1.807) is 20.0 Å². The van der Waals surface area contributed by atoms with Crippen LogP contribution in [0.5, 0.6) is 0 Å². The summed E-state index contributed by atoms with van der Waals surface area (Å²) < 4.78 is 16.8. The molecule has 2 heterocycles. The van der Waals surface area contributed by atoms with Crippen LogP contribution in [0.15, 0.2) is 10.7 Å². The third-order valence-electron chi connectivity index (χ3n) is 4.64. The van der Waals surface area contributed by atoms with Gasteiger partial charge in [0.2, 0.25) is 0 Å². The first-order valence-corrected chi connectivity index (χ1v) is 9.51. The molecule has 1 saturated carbocycles. The molecule has 0 radical (unpaired) electrons. The van der Waals surface area contributed by atoms with Gasteiger partial charge in [0.25, 0.3) is 0 Å². The number of carbonyl (C=O) groups is 2. The summed E-state index contributed by atoms with van der Waals surface area (Å²) in [5.74, 6) is -0.0411. The molecule has 0 atom stereocenters.